The Labute approximate surface area is 139 Å². The highest BCUT2D eigenvalue weighted by molar-refractivity contribution is 6.06. The van der Waals surface area contributed by atoms with Crippen LogP contribution in [0.2, 0.25) is 0 Å². The molecule has 5 heteroatoms. The molecule has 3 fully saturated rings. The SMILES string of the molecule is CC(C)(C)C1CCC2(CC1)NC(=O)N(C[NH+]1CCCCC1)C2=O. The van der Waals surface area contributed by atoms with Gasteiger partial charge in [-0.25, -0.2) is 9.69 Å². The Morgan fingerprint density at radius 3 is 2.30 bits per heavy atom. The monoisotopic (exact) mass is 322 g/mol. The third kappa shape index (κ3) is 3.25. The summed E-state index contributed by atoms with van der Waals surface area (Å²) in [7, 11) is 0. The molecule has 3 amide bonds. The van der Waals surface area contributed by atoms with Gasteiger partial charge in [0, 0.05) is 0 Å². The van der Waals surface area contributed by atoms with E-state index in [1.165, 1.54) is 29.1 Å². The van der Waals surface area contributed by atoms with Crippen molar-refractivity contribution in [3.63, 3.8) is 0 Å². The fourth-order valence-electron chi connectivity index (χ4n) is 4.57. The molecule has 2 aliphatic heterocycles. The lowest BCUT2D eigenvalue weighted by atomic mass is 9.67. The molecular formula is C18H32N3O2+. The van der Waals surface area contributed by atoms with Crippen molar-refractivity contribution in [3.05, 3.63) is 0 Å². The van der Waals surface area contributed by atoms with E-state index >= 15 is 0 Å². The normalized spacial score (nSPS) is 33.3. The summed E-state index contributed by atoms with van der Waals surface area (Å²) < 4.78 is 0. The van der Waals surface area contributed by atoms with E-state index in [2.05, 4.69) is 26.1 Å². The predicted octanol–water partition coefficient (Wildman–Crippen LogP) is 1.54. The van der Waals surface area contributed by atoms with Crippen LogP contribution in [0.5, 0.6) is 0 Å². The Morgan fingerprint density at radius 2 is 1.74 bits per heavy atom. The van der Waals surface area contributed by atoms with E-state index < -0.39 is 5.54 Å². The van der Waals surface area contributed by atoms with E-state index in [4.69, 9.17) is 0 Å². The maximum atomic E-state index is 13.0. The zero-order valence-corrected chi connectivity index (χ0v) is 14.9. The van der Waals surface area contributed by atoms with Crippen molar-refractivity contribution in [1.29, 1.82) is 0 Å². The molecule has 0 aromatic carbocycles. The molecule has 0 aromatic rings. The Bertz CT molecular complexity index is 469. The summed E-state index contributed by atoms with van der Waals surface area (Å²) in [6, 6.07) is -0.165. The molecule has 0 bridgehead atoms. The molecule has 1 aliphatic carbocycles. The number of imide groups is 1. The van der Waals surface area contributed by atoms with Gasteiger partial charge in [-0.2, -0.15) is 0 Å². The molecule has 2 heterocycles. The maximum Gasteiger partial charge on any atom is 0.329 e. The van der Waals surface area contributed by atoms with Gasteiger partial charge in [-0.15, -0.1) is 0 Å². The number of rotatable bonds is 2. The quantitative estimate of drug-likeness (QED) is 0.758. The molecule has 2 saturated heterocycles. The molecule has 0 radical (unpaired) electrons. The van der Waals surface area contributed by atoms with Crippen molar-refractivity contribution in [2.75, 3.05) is 19.8 Å². The fraction of sp³-hybridized carbons (Fsp3) is 0.889. The van der Waals surface area contributed by atoms with Crippen molar-refractivity contribution in [2.24, 2.45) is 11.3 Å². The molecule has 3 rings (SSSR count). The average molecular weight is 322 g/mol. The molecule has 1 saturated carbocycles. The van der Waals surface area contributed by atoms with Gasteiger partial charge in [0.2, 0.25) is 0 Å². The number of carbonyl (C=O) groups is 2. The minimum absolute atomic E-state index is 0.0351. The molecule has 130 valence electrons. The van der Waals surface area contributed by atoms with Gasteiger partial charge < -0.3 is 10.2 Å². The summed E-state index contributed by atoms with van der Waals surface area (Å²) in [5, 5.41) is 3.05. The Hall–Kier alpha value is -1.10. The third-order valence-corrected chi connectivity index (χ3v) is 6.25. The van der Waals surface area contributed by atoms with E-state index in [1.54, 1.807) is 0 Å². The Kier molecular flexibility index (Phi) is 4.43. The van der Waals surface area contributed by atoms with Gasteiger partial charge in [0.25, 0.3) is 5.91 Å². The summed E-state index contributed by atoms with van der Waals surface area (Å²) in [6.45, 7) is 9.53. The summed E-state index contributed by atoms with van der Waals surface area (Å²) in [5.74, 6) is 0.674. The first-order valence-corrected chi connectivity index (χ1v) is 9.29. The molecule has 23 heavy (non-hydrogen) atoms. The van der Waals surface area contributed by atoms with Gasteiger partial charge in [-0.05, 0) is 56.3 Å². The van der Waals surface area contributed by atoms with Crippen LogP contribution >= 0.6 is 0 Å². The second kappa shape index (κ2) is 6.08. The van der Waals surface area contributed by atoms with E-state index in [9.17, 15) is 9.59 Å². The highest BCUT2D eigenvalue weighted by atomic mass is 16.2. The second-order valence-electron chi connectivity index (χ2n) is 8.85. The number of piperidine rings is 1. The summed E-state index contributed by atoms with van der Waals surface area (Å²) in [5.41, 5.74) is -0.320. The Balaban J connectivity index is 1.64. The van der Waals surface area contributed by atoms with Gasteiger partial charge >= 0.3 is 6.03 Å². The predicted molar refractivity (Wildman–Crippen MR) is 88.9 cm³/mol. The van der Waals surface area contributed by atoms with Gasteiger partial charge in [0.15, 0.2) is 6.67 Å². The van der Waals surface area contributed by atoms with E-state index in [1.807, 2.05) is 0 Å². The molecule has 0 atom stereocenters. The van der Waals surface area contributed by atoms with Crippen LogP contribution in [0.4, 0.5) is 4.79 Å². The molecule has 2 N–H and O–H groups in total. The topological polar surface area (TPSA) is 53.9 Å². The molecule has 5 nitrogen and oxygen atoms in total. The van der Waals surface area contributed by atoms with Crippen molar-refractivity contribution in [3.8, 4) is 0 Å². The third-order valence-electron chi connectivity index (χ3n) is 6.25. The molecule has 3 aliphatic rings. The van der Waals surface area contributed by atoms with Gasteiger partial charge in [-0.3, -0.25) is 4.79 Å². The van der Waals surface area contributed by atoms with Crippen LogP contribution in [-0.2, 0) is 4.79 Å². The van der Waals surface area contributed by atoms with Crippen LogP contribution in [0.3, 0.4) is 0 Å². The smallest absolute Gasteiger partial charge is 0.323 e. The fourth-order valence-corrected chi connectivity index (χ4v) is 4.57. The van der Waals surface area contributed by atoms with E-state index in [0.29, 0.717) is 12.6 Å². The minimum Gasteiger partial charge on any atom is -0.323 e. The second-order valence-corrected chi connectivity index (χ2v) is 8.85. The zero-order chi connectivity index (χ0) is 16.7. The van der Waals surface area contributed by atoms with Crippen molar-refractivity contribution in [1.82, 2.24) is 10.2 Å². The lowest BCUT2D eigenvalue weighted by Gasteiger charge is -2.40. The minimum atomic E-state index is -0.603. The average Bonchev–Trinajstić information content (AvgIpc) is 2.72. The van der Waals surface area contributed by atoms with E-state index in [0.717, 1.165) is 38.8 Å². The van der Waals surface area contributed by atoms with Crippen LogP contribution in [0.15, 0.2) is 0 Å². The van der Waals surface area contributed by atoms with Crippen molar-refractivity contribution in [2.45, 2.75) is 71.3 Å². The first-order valence-electron chi connectivity index (χ1n) is 9.29. The number of likely N-dealkylation sites (tertiary alicyclic amines) is 1. The van der Waals surface area contributed by atoms with Gasteiger partial charge in [0.1, 0.15) is 5.54 Å². The maximum absolute atomic E-state index is 13.0. The van der Waals surface area contributed by atoms with Crippen molar-refractivity contribution < 1.29 is 14.5 Å². The van der Waals surface area contributed by atoms with Crippen molar-refractivity contribution >= 4 is 11.9 Å². The highest BCUT2D eigenvalue weighted by Crippen LogP contribution is 2.43. The number of quaternary nitrogens is 1. The number of carbonyl (C=O) groups excluding carboxylic acids is 2. The number of urea groups is 1. The molecule has 1 spiro atoms. The number of amides is 3. The molecular weight excluding hydrogens is 290 g/mol. The van der Waals surface area contributed by atoms with E-state index in [-0.39, 0.29) is 17.4 Å². The van der Waals surface area contributed by atoms with Gasteiger partial charge in [-0.1, -0.05) is 20.8 Å². The number of hydrogen-bond donors (Lipinski definition) is 2. The van der Waals surface area contributed by atoms with Crippen LogP contribution in [0, 0.1) is 11.3 Å². The standard InChI is InChI=1S/C18H31N3O2/c1-17(2,3)14-7-9-18(10-8-14)15(22)21(16(23)19-18)13-20-11-5-4-6-12-20/h14H,4-13H2,1-3H3,(H,19,23)/p+1. The van der Waals surface area contributed by atoms with Crippen LogP contribution in [0.1, 0.15) is 65.7 Å². The first kappa shape index (κ1) is 16.7. The highest BCUT2D eigenvalue weighted by Gasteiger charge is 2.54. The summed E-state index contributed by atoms with van der Waals surface area (Å²) in [4.78, 5) is 28.2. The first-order chi connectivity index (χ1) is 10.8. The lowest BCUT2D eigenvalue weighted by Crippen LogP contribution is -3.14. The van der Waals surface area contributed by atoms with Crippen LogP contribution in [-0.4, -0.2) is 42.1 Å². The van der Waals surface area contributed by atoms with Gasteiger partial charge in [0.05, 0.1) is 13.1 Å². The number of nitrogens with one attached hydrogen (secondary N) is 2. The summed E-state index contributed by atoms with van der Waals surface area (Å²) in [6.07, 6.45) is 7.34. The number of hydrogen-bond acceptors (Lipinski definition) is 2. The largest absolute Gasteiger partial charge is 0.329 e. The van der Waals surface area contributed by atoms with Crippen LogP contribution < -0.4 is 10.2 Å². The summed E-state index contributed by atoms with van der Waals surface area (Å²) >= 11 is 0. The molecule has 0 unspecified atom stereocenters. The lowest BCUT2D eigenvalue weighted by molar-refractivity contribution is -0.912. The Morgan fingerprint density at radius 1 is 1.13 bits per heavy atom. The van der Waals surface area contributed by atoms with Crippen LogP contribution in [0.25, 0.3) is 0 Å². The zero-order valence-electron chi connectivity index (χ0n) is 14.9. The molecule has 0 aromatic heterocycles. The number of nitrogens with zero attached hydrogens (tertiary/aromatic N) is 1.